The summed E-state index contributed by atoms with van der Waals surface area (Å²) in [5, 5.41) is 12.4. The van der Waals surface area contributed by atoms with E-state index in [1.165, 1.54) is 23.9 Å². The fourth-order valence-electron chi connectivity index (χ4n) is 2.60. The second-order valence-corrected chi connectivity index (χ2v) is 6.73. The van der Waals surface area contributed by atoms with Crippen molar-refractivity contribution >= 4 is 34.5 Å². The highest BCUT2D eigenvalue weighted by atomic mass is 32.2. The summed E-state index contributed by atoms with van der Waals surface area (Å²) < 4.78 is 40.6. The number of hydrogen-bond acceptors (Lipinski definition) is 4. The first kappa shape index (κ1) is 17.5. The summed E-state index contributed by atoms with van der Waals surface area (Å²) in [5.74, 6) is -1.26. The molecule has 1 fully saturated rings. The third-order valence-electron chi connectivity index (χ3n) is 3.86. The monoisotopic (exact) mass is 374 g/mol. The van der Waals surface area contributed by atoms with Gasteiger partial charge >= 0.3 is 12.3 Å². The minimum absolute atomic E-state index is 0.0664. The number of fused-ring (bicyclic) bond motifs is 1. The lowest BCUT2D eigenvalue weighted by atomic mass is 9.99. The minimum atomic E-state index is -4.81. The number of nitrogens with one attached hydrogen (secondary N) is 2. The zero-order chi connectivity index (χ0) is 18.2. The molecule has 2 aromatic rings. The molecule has 0 spiro atoms. The Morgan fingerprint density at radius 3 is 2.68 bits per heavy atom. The van der Waals surface area contributed by atoms with Crippen LogP contribution in [-0.2, 0) is 4.79 Å². The second kappa shape index (κ2) is 6.17. The number of halogens is 3. The first-order valence-corrected chi connectivity index (χ1v) is 8.36. The number of aromatic nitrogens is 1. The number of carbonyl (C=O) groups excluding carboxylic acids is 1. The number of benzene rings is 1. The van der Waals surface area contributed by atoms with Crippen molar-refractivity contribution in [3.05, 3.63) is 30.0 Å². The predicted octanol–water partition coefficient (Wildman–Crippen LogP) is 2.76. The average molecular weight is 374 g/mol. The molecular formula is C15H13F3N2O4S. The second-order valence-electron chi connectivity index (χ2n) is 5.62. The molecule has 1 aromatic heterocycles. The number of carboxylic acid groups (broad SMARTS) is 1. The highest BCUT2D eigenvalue weighted by molar-refractivity contribution is 7.99. The quantitative estimate of drug-likeness (QED) is 0.766. The van der Waals surface area contributed by atoms with E-state index in [0.717, 1.165) is 12.1 Å². The number of thioether (sulfide) groups is 1. The van der Waals surface area contributed by atoms with Gasteiger partial charge in [0.1, 0.15) is 17.0 Å². The third kappa shape index (κ3) is 3.68. The molecule has 3 rings (SSSR count). The topological polar surface area (TPSA) is 91.4 Å². The summed E-state index contributed by atoms with van der Waals surface area (Å²) in [6, 6.07) is 5.08. The number of rotatable bonds is 4. The van der Waals surface area contributed by atoms with Gasteiger partial charge in [0, 0.05) is 22.7 Å². The van der Waals surface area contributed by atoms with E-state index in [0.29, 0.717) is 17.6 Å². The van der Waals surface area contributed by atoms with Crippen molar-refractivity contribution in [2.45, 2.75) is 18.3 Å². The first-order valence-electron chi connectivity index (χ1n) is 7.21. The van der Waals surface area contributed by atoms with Gasteiger partial charge in [-0.3, -0.25) is 4.79 Å². The molecule has 1 amide bonds. The summed E-state index contributed by atoms with van der Waals surface area (Å²) >= 11 is 1.43. The van der Waals surface area contributed by atoms with E-state index >= 15 is 0 Å². The molecule has 1 aromatic carbocycles. The number of hydrogen-bond donors (Lipinski definition) is 3. The largest absolute Gasteiger partial charge is 0.573 e. The van der Waals surface area contributed by atoms with Crippen LogP contribution in [0.15, 0.2) is 24.3 Å². The zero-order valence-electron chi connectivity index (χ0n) is 12.6. The van der Waals surface area contributed by atoms with Gasteiger partial charge < -0.3 is 20.1 Å². The molecule has 1 unspecified atom stereocenters. The molecule has 1 saturated heterocycles. The number of aromatic amines is 1. The van der Waals surface area contributed by atoms with E-state index in [9.17, 15) is 27.9 Å². The molecular weight excluding hydrogens is 361 g/mol. The normalized spacial score (nSPS) is 20.6. The average Bonchev–Trinajstić information content (AvgIpc) is 3.12. The van der Waals surface area contributed by atoms with Crippen LogP contribution in [0.4, 0.5) is 13.2 Å². The van der Waals surface area contributed by atoms with E-state index in [4.69, 9.17) is 0 Å². The van der Waals surface area contributed by atoms with E-state index in [1.807, 2.05) is 0 Å². The van der Waals surface area contributed by atoms with E-state index < -0.39 is 29.5 Å². The van der Waals surface area contributed by atoms with Crippen molar-refractivity contribution < 1.29 is 32.6 Å². The van der Waals surface area contributed by atoms with Crippen LogP contribution in [-0.4, -0.2) is 45.4 Å². The Balaban J connectivity index is 1.83. The fourth-order valence-corrected chi connectivity index (χ4v) is 3.92. The fraction of sp³-hybridized carbons (Fsp3) is 0.333. The number of ether oxygens (including phenoxy) is 1. The van der Waals surface area contributed by atoms with Crippen LogP contribution >= 0.6 is 11.8 Å². The Kier molecular flexibility index (Phi) is 4.31. The lowest BCUT2D eigenvalue weighted by molar-refractivity contribution is -0.274. The van der Waals surface area contributed by atoms with Crippen LogP contribution in [0.5, 0.6) is 5.75 Å². The summed E-state index contributed by atoms with van der Waals surface area (Å²) in [6.07, 6.45) is -4.50. The van der Waals surface area contributed by atoms with Gasteiger partial charge in [-0.2, -0.15) is 11.8 Å². The molecule has 3 N–H and O–H groups in total. The molecule has 2 heterocycles. The van der Waals surface area contributed by atoms with Crippen molar-refractivity contribution in [2.75, 3.05) is 11.5 Å². The van der Waals surface area contributed by atoms with Crippen LogP contribution in [0.1, 0.15) is 16.9 Å². The van der Waals surface area contributed by atoms with Gasteiger partial charge in [0.2, 0.25) is 0 Å². The number of alkyl halides is 3. The van der Waals surface area contributed by atoms with Crippen LogP contribution in [0.25, 0.3) is 10.9 Å². The Bertz CT molecular complexity index is 828. The van der Waals surface area contributed by atoms with Crippen molar-refractivity contribution in [1.82, 2.24) is 10.3 Å². The van der Waals surface area contributed by atoms with Crippen molar-refractivity contribution in [3.63, 3.8) is 0 Å². The van der Waals surface area contributed by atoms with Gasteiger partial charge in [-0.25, -0.2) is 4.79 Å². The van der Waals surface area contributed by atoms with Crippen LogP contribution in [0.3, 0.4) is 0 Å². The van der Waals surface area contributed by atoms with Crippen molar-refractivity contribution in [2.24, 2.45) is 0 Å². The molecule has 0 saturated carbocycles. The van der Waals surface area contributed by atoms with E-state index in [1.54, 1.807) is 0 Å². The Labute approximate surface area is 143 Å². The van der Waals surface area contributed by atoms with Gasteiger partial charge in [0.05, 0.1) is 0 Å². The maximum absolute atomic E-state index is 12.4. The maximum atomic E-state index is 12.4. The Hall–Kier alpha value is -2.36. The van der Waals surface area contributed by atoms with Gasteiger partial charge in [-0.05, 0) is 30.4 Å². The highest BCUT2D eigenvalue weighted by Gasteiger charge is 2.43. The Morgan fingerprint density at radius 1 is 1.32 bits per heavy atom. The summed E-state index contributed by atoms with van der Waals surface area (Å²) in [7, 11) is 0. The maximum Gasteiger partial charge on any atom is 0.573 e. The minimum Gasteiger partial charge on any atom is -0.479 e. The lowest BCUT2D eigenvalue weighted by Crippen LogP contribution is -2.54. The predicted molar refractivity (Wildman–Crippen MR) is 84.8 cm³/mol. The standard InChI is InChI=1S/C15H13F3N2O4S/c16-15(17,18)24-9-2-1-8-5-11(19-10(8)6-9)12(21)20-14(13(22)23)3-4-25-7-14/h1-2,5-6,19H,3-4,7H2,(H,20,21)(H,22,23). The van der Waals surface area contributed by atoms with Crippen LogP contribution in [0.2, 0.25) is 0 Å². The molecule has 6 nitrogen and oxygen atoms in total. The molecule has 0 radical (unpaired) electrons. The van der Waals surface area contributed by atoms with Crippen LogP contribution < -0.4 is 10.1 Å². The molecule has 1 atom stereocenters. The van der Waals surface area contributed by atoms with Crippen molar-refractivity contribution in [1.29, 1.82) is 0 Å². The number of carboxylic acids is 1. The molecule has 134 valence electrons. The SMILES string of the molecule is O=C(NC1(C(=O)O)CCSC1)c1cc2ccc(OC(F)(F)F)cc2[nH]1. The van der Waals surface area contributed by atoms with E-state index in [-0.39, 0.29) is 17.0 Å². The third-order valence-corrected chi connectivity index (χ3v) is 5.05. The van der Waals surface area contributed by atoms with Gasteiger partial charge in [0.15, 0.2) is 0 Å². The molecule has 1 aliphatic heterocycles. The smallest absolute Gasteiger partial charge is 0.479 e. The summed E-state index contributed by atoms with van der Waals surface area (Å²) in [5.41, 5.74) is -0.988. The van der Waals surface area contributed by atoms with Crippen LogP contribution in [0, 0.1) is 0 Å². The van der Waals surface area contributed by atoms with E-state index in [2.05, 4.69) is 15.0 Å². The molecule has 0 aliphatic carbocycles. The zero-order valence-corrected chi connectivity index (χ0v) is 13.5. The molecule has 10 heteroatoms. The number of H-pyrrole nitrogens is 1. The molecule has 0 bridgehead atoms. The number of carbonyl (C=O) groups is 2. The lowest BCUT2D eigenvalue weighted by Gasteiger charge is -2.24. The number of amides is 1. The van der Waals surface area contributed by atoms with Gasteiger partial charge in [-0.15, -0.1) is 13.2 Å². The van der Waals surface area contributed by atoms with Gasteiger partial charge in [0.25, 0.3) is 5.91 Å². The molecule has 25 heavy (non-hydrogen) atoms. The van der Waals surface area contributed by atoms with Crippen molar-refractivity contribution in [3.8, 4) is 5.75 Å². The molecule has 1 aliphatic rings. The summed E-state index contributed by atoms with van der Waals surface area (Å²) in [6.45, 7) is 0. The first-order chi connectivity index (χ1) is 11.7. The Morgan fingerprint density at radius 2 is 2.08 bits per heavy atom. The highest BCUT2D eigenvalue weighted by Crippen LogP contribution is 2.30. The number of aliphatic carboxylic acids is 1. The van der Waals surface area contributed by atoms with Gasteiger partial charge in [-0.1, -0.05) is 0 Å². The summed E-state index contributed by atoms with van der Waals surface area (Å²) in [4.78, 5) is 26.5.